The van der Waals surface area contributed by atoms with Crippen molar-refractivity contribution in [3.63, 3.8) is 0 Å². The highest BCUT2D eigenvalue weighted by Crippen LogP contribution is 2.57. The summed E-state index contributed by atoms with van der Waals surface area (Å²) in [4.78, 5) is 15.8. The predicted octanol–water partition coefficient (Wildman–Crippen LogP) is 9.41. The summed E-state index contributed by atoms with van der Waals surface area (Å²) in [6.45, 7) is 10.5. The molecule has 0 saturated carbocycles. The lowest BCUT2D eigenvalue weighted by molar-refractivity contribution is 0.0224. The number of ether oxygens (including phenoxy) is 2. The number of benzene rings is 4. The zero-order valence-corrected chi connectivity index (χ0v) is 25.1. The number of nitrogens with one attached hydrogen (secondary N) is 1. The molecule has 5 nitrogen and oxygen atoms in total. The number of unbranched alkanes of at least 4 members (excludes halogenated alkanes) is 4. The smallest absolute Gasteiger partial charge is 0.340 e. The van der Waals surface area contributed by atoms with Gasteiger partial charge in [0.2, 0.25) is 0 Å². The fourth-order valence-corrected chi connectivity index (χ4v) is 6.39. The molecule has 42 heavy (non-hydrogen) atoms. The molecule has 216 valence electrons. The van der Waals surface area contributed by atoms with Crippen LogP contribution in [0.25, 0.3) is 0 Å². The molecule has 2 aliphatic rings. The van der Waals surface area contributed by atoms with Gasteiger partial charge in [-0.3, -0.25) is 0 Å². The molecule has 2 aliphatic heterocycles. The first-order valence-corrected chi connectivity index (χ1v) is 15.3. The minimum absolute atomic E-state index is 0.315. The van der Waals surface area contributed by atoms with Gasteiger partial charge in [-0.1, -0.05) is 62.9 Å². The lowest BCUT2D eigenvalue weighted by atomic mass is 9.77. The van der Waals surface area contributed by atoms with Gasteiger partial charge in [-0.15, -0.1) is 0 Å². The SMILES string of the molecule is CCCCCCCN(CC)c1ccc2c(c1)Oc1cc(C)c(Nc3cccc(C)c3)cc1C21OC(=O)c2ccccc21. The highest BCUT2D eigenvalue weighted by molar-refractivity contribution is 5.97. The van der Waals surface area contributed by atoms with Crippen molar-refractivity contribution in [1.29, 1.82) is 0 Å². The van der Waals surface area contributed by atoms with Crippen molar-refractivity contribution in [2.45, 2.75) is 65.4 Å². The Kier molecular flexibility index (Phi) is 7.68. The normalized spacial score (nSPS) is 16.3. The molecule has 0 aromatic heterocycles. The van der Waals surface area contributed by atoms with E-state index >= 15 is 0 Å². The molecule has 4 aromatic carbocycles. The number of rotatable bonds is 10. The molecule has 5 heteroatoms. The summed E-state index contributed by atoms with van der Waals surface area (Å²) in [6, 6.07) is 26.6. The molecule has 0 saturated heterocycles. The molecule has 2 heterocycles. The van der Waals surface area contributed by atoms with Gasteiger partial charge in [-0.2, -0.15) is 0 Å². The van der Waals surface area contributed by atoms with Crippen molar-refractivity contribution in [3.05, 3.63) is 112 Å². The van der Waals surface area contributed by atoms with E-state index in [0.717, 1.165) is 58.2 Å². The third-order valence-electron chi connectivity index (χ3n) is 8.62. The molecule has 0 amide bonds. The van der Waals surface area contributed by atoms with E-state index in [2.05, 4.69) is 86.4 Å². The van der Waals surface area contributed by atoms with E-state index in [0.29, 0.717) is 11.3 Å². The van der Waals surface area contributed by atoms with Crippen LogP contribution in [0.3, 0.4) is 0 Å². The van der Waals surface area contributed by atoms with E-state index in [4.69, 9.17) is 9.47 Å². The molecule has 0 aliphatic carbocycles. The molecule has 1 atom stereocenters. The summed E-state index contributed by atoms with van der Waals surface area (Å²) in [7, 11) is 0. The second kappa shape index (κ2) is 11.6. The zero-order chi connectivity index (χ0) is 29.3. The first kappa shape index (κ1) is 27.9. The fraction of sp³-hybridized carbons (Fsp3) is 0.324. The Labute approximate surface area is 249 Å². The molecule has 1 spiro atoms. The van der Waals surface area contributed by atoms with Crippen LogP contribution in [-0.4, -0.2) is 19.1 Å². The largest absolute Gasteiger partial charge is 0.456 e. The number of anilines is 3. The summed E-state index contributed by atoms with van der Waals surface area (Å²) in [6.07, 6.45) is 6.24. The lowest BCUT2D eigenvalue weighted by Gasteiger charge is -2.38. The van der Waals surface area contributed by atoms with E-state index in [1.807, 2.05) is 30.3 Å². The van der Waals surface area contributed by atoms with Crippen molar-refractivity contribution in [3.8, 4) is 11.5 Å². The number of aryl methyl sites for hydroxylation is 2. The summed E-state index contributed by atoms with van der Waals surface area (Å²) < 4.78 is 13.1. The minimum atomic E-state index is -1.09. The molecule has 0 fully saturated rings. The van der Waals surface area contributed by atoms with Crippen LogP contribution in [-0.2, 0) is 10.3 Å². The summed E-state index contributed by atoms with van der Waals surface area (Å²) in [5.41, 5.74) is 7.33. The van der Waals surface area contributed by atoms with Gasteiger partial charge in [-0.25, -0.2) is 4.79 Å². The molecular formula is C37H40N2O3. The molecule has 6 rings (SSSR count). The topological polar surface area (TPSA) is 50.8 Å². The third-order valence-corrected chi connectivity index (χ3v) is 8.62. The van der Waals surface area contributed by atoms with Crippen LogP contribution in [0.5, 0.6) is 11.5 Å². The van der Waals surface area contributed by atoms with Crippen LogP contribution >= 0.6 is 0 Å². The Balaban J connectivity index is 1.44. The molecular weight excluding hydrogens is 520 g/mol. The average Bonchev–Trinajstić information content (AvgIpc) is 3.28. The second-order valence-corrected chi connectivity index (χ2v) is 11.6. The van der Waals surface area contributed by atoms with E-state index < -0.39 is 5.60 Å². The predicted molar refractivity (Wildman–Crippen MR) is 171 cm³/mol. The van der Waals surface area contributed by atoms with Crippen LogP contribution in [0.2, 0.25) is 0 Å². The standard InChI is InChI=1S/C37H40N2O3/c1-5-7-8-9-12-20-39(6-2)28-18-19-31-35(23-28)41-34-22-26(4)33(38-27-15-13-14-25(3)21-27)24-32(34)37(31)30-17-11-10-16-29(30)36(40)42-37/h10-11,13-19,21-24,38H,5-9,12,20H2,1-4H3. The maximum absolute atomic E-state index is 13.4. The number of fused-ring (bicyclic) bond motifs is 6. The van der Waals surface area contributed by atoms with E-state index in [9.17, 15) is 4.79 Å². The van der Waals surface area contributed by atoms with Gasteiger partial charge >= 0.3 is 5.97 Å². The lowest BCUT2D eigenvalue weighted by Crippen LogP contribution is -2.33. The van der Waals surface area contributed by atoms with Gasteiger partial charge in [0.15, 0.2) is 5.60 Å². The van der Waals surface area contributed by atoms with Crippen molar-refractivity contribution in [1.82, 2.24) is 0 Å². The van der Waals surface area contributed by atoms with Gasteiger partial charge in [-0.05, 0) is 80.8 Å². The third kappa shape index (κ3) is 4.91. The minimum Gasteiger partial charge on any atom is -0.456 e. The van der Waals surface area contributed by atoms with E-state index in [-0.39, 0.29) is 5.97 Å². The summed E-state index contributed by atoms with van der Waals surface area (Å²) in [5, 5.41) is 3.59. The molecule has 1 N–H and O–H groups in total. The quantitative estimate of drug-likeness (QED) is 0.155. The summed E-state index contributed by atoms with van der Waals surface area (Å²) in [5.74, 6) is 1.12. The van der Waals surface area contributed by atoms with Crippen LogP contribution in [0.1, 0.15) is 84.1 Å². The number of hydrogen-bond acceptors (Lipinski definition) is 5. The van der Waals surface area contributed by atoms with Crippen LogP contribution in [0.4, 0.5) is 17.1 Å². The van der Waals surface area contributed by atoms with E-state index in [1.54, 1.807) is 0 Å². The van der Waals surface area contributed by atoms with Crippen LogP contribution < -0.4 is 15.0 Å². The van der Waals surface area contributed by atoms with Gasteiger partial charge in [0.05, 0.1) is 5.56 Å². The van der Waals surface area contributed by atoms with Crippen molar-refractivity contribution < 1.29 is 14.3 Å². The van der Waals surface area contributed by atoms with Crippen molar-refractivity contribution in [2.24, 2.45) is 0 Å². The molecule has 4 aromatic rings. The Morgan fingerprint density at radius 1 is 0.786 bits per heavy atom. The average molecular weight is 561 g/mol. The molecule has 0 radical (unpaired) electrons. The Morgan fingerprint density at radius 3 is 2.40 bits per heavy atom. The first-order valence-electron chi connectivity index (χ1n) is 15.3. The molecule has 0 bridgehead atoms. The number of esters is 1. The maximum Gasteiger partial charge on any atom is 0.340 e. The zero-order valence-electron chi connectivity index (χ0n) is 25.1. The molecule has 1 unspecified atom stereocenters. The second-order valence-electron chi connectivity index (χ2n) is 11.6. The maximum atomic E-state index is 13.4. The Hall–Kier alpha value is -4.25. The van der Waals surface area contributed by atoms with Gasteiger partial charge in [0, 0.05) is 52.9 Å². The van der Waals surface area contributed by atoms with Crippen molar-refractivity contribution in [2.75, 3.05) is 23.3 Å². The summed E-state index contributed by atoms with van der Waals surface area (Å²) >= 11 is 0. The number of nitrogens with zero attached hydrogens (tertiary/aromatic N) is 1. The highest BCUT2D eigenvalue weighted by Gasteiger charge is 2.53. The first-order chi connectivity index (χ1) is 20.4. The monoisotopic (exact) mass is 560 g/mol. The van der Waals surface area contributed by atoms with Crippen LogP contribution in [0.15, 0.2) is 78.9 Å². The number of carbonyl (C=O) groups excluding carboxylic acids is 1. The van der Waals surface area contributed by atoms with Gasteiger partial charge in [0.1, 0.15) is 11.5 Å². The van der Waals surface area contributed by atoms with Crippen LogP contribution in [0, 0.1) is 13.8 Å². The number of hydrogen-bond donors (Lipinski definition) is 1. The van der Waals surface area contributed by atoms with Gasteiger partial charge in [0.25, 0.3) is 0 Å². The van der Waals surface area contributed by atoms with Gasteiger partial charge < -0.3 is 19.7 Å². The Morgan fingerprint density at radius 2 is 1.60 bits per heavy atom. The highest BCUT2D eigenvalue weighted by atomic mass is 16.6. The van der Waals surface area contributed by atoms with Crippen molar-refractivity contribution >= 4 is 23.0 Å². The Bertz CT molecular complexity index is 1630. The fourth-order valence-electron chi connectivity index (χ4n) is 6.39. The number of carbonyl (C=O) groups is 1. The van der Waals surface area contributed by atoms with E-state index in [1.165, 1.54) is 37.7 Å².